The third kappa shape index (κ3) is 4.64. The molecule has 0 fully saturated rings. The molecule has 84 valence electrons. The van der Waals surface area contributed by atoms with Crippen LogP contribution in [-0.4, -0.2) is 24.4 Å². The number of hydrogen-bond donors (Lipinski definition) is 0. The van der Waals surface area contributed by atoms with Crippen molar-refractivity contribution in [3.05, 3.63) is 0 Å². The van der Waals surface area contributed by atoms with Gasteiger partial charge in [-0.3, -0.25) is 4.79 Å². The zero-order chi connectivity index (χ0) is 11.0. The van der Waals surface area contributed by atoms with Gasteiger partial charge in [0.15, 0.2) is 0 Å². The van der Waals surface area contributed by atoms with Gasteiger partial charge < -0.3 is 4.90 Å². The van der Waals surface area contributed by atoms with E-state index in [4.69, 9.17) is 0 Å². The maximum atomic E-state index is 11.9. The monoisotopic (exact) mass is 199 g/mol. The average molecular weight is 199 g/mol. The lowest BCUT2D eigenvalue weighted by Gasteiger charge is -2.22. The van der Waals surface area contributed by atoms with Crippen LogP contribution >= 0.6 is 0 Å². The van der Waals surface area contributed by atoms with E-state index in [9.17, 15) is 4.79 Å². The smallest absolute Gasteiger partial charge is 0.225 e. The van der Waals surface area contributed by atoms with Crippen LogP contribution in [0.2, 0.25) is 0 Å². The van der Waals surface area contributed by atoms with Crippen molar-refractivity contribution in [2.24, 2.45) is 5.92 Å². The lowest BCUT2D eigenvalue weighted by atomic mass is 9.97. The molecule has 0 spiro atoms. The molecule has 0 aliphatic heterocycles. The number of carbonyl (C=O) groups excluding carboxylic acids is 1. The molecule has 0 radical (unpaired) electrons. The van der Waals surface area contributed by atoms with Gasteiger partial charge in [-0.05, 0) is 19.3 Å². The molecule has 0 aliphatic rings. The van der Waals surface area contributed by atoms with E-state index in [2.05, 4.69) is 20.8 Å². The zero-order valence-electron chi connectivity index (χ0n) is 10.2. The van der Waals surface area contributed by atoms with Crippen LogP contribution in [0.15, 0.2) is 0 Å². The summed E-state index contributed by atoms with van der Waals surface area (Å²) in [5.41, 5.74) is 0. The van der Waals surface area contributed by atoms with Crippen molar-refractivity contribution < 1.29 is 4.79 Å². The van der Waals surface area contributed by atoms with Crippen LogP contribution in [0, 0.1) is 5.92 Å². The first-order chi connectivity index (χ1) is 6.67. The molecule has 0 atom stereocenters. The highest BCUT2D eigenvalue weighted by Crippen LogP contribution is 2.16. The second-order valence-electron chi connectivity index (χ2n) is 4.03. The largest absolute Gasteiger partial charge is 0.346 e. The Bertz CT molecular complexity index is 150. The van der Waals surface area contributed by atoms with Gasteiger partial charge in [-0.1, -0.05) is 33.6 Å². The van der Waals surface area contributed by atoms with Crippen LogP contribution in [0.25, 0.3) is 0 Å². The topological polar surface area (TPSA) is 20.3 Å². The number of amides is 1. The Morgan fingerprint density at radius 3 is 1.93 bits per heavy atom. The molecule has 0 unspecified atom stereocenters. The third-order valence-corrected chi connectivity index (χ3v) is 2.56. The number of nitrogens with zero attached hydrogens (tertiary/aromatic N) is 1. The molecule has 1 amide bonds. The maximum Gasteiger partial charge on any atom is 0.225 e. The van der Waals surface area contributed by atoms with Crippen molar-refractivity contribution >= 4 is 5.91 Å². The van der Waals surface area contributed by atoms with Crippen molar-refractivity contribution in [2.45, 2.75) is 52.9 Å². The average Bonchev–Trinajstić information content (AvgIpc) is 2.17. The Kier molecular flexibility index (Phi) is 7.54. The van der Waals surface area contributed by atoms with E-state index in [1.54, 1.807) is 0 Å². The second-order valence-corrected chi connectivity index (χ2v) is 4.03. The summed E-state index contributed by atoms with van der Waals surface area (Å²) in [7, 11) is 1.92. The molecular weight excluding hydrogens is 174 g/mol. The lowest BCUT2D eigenvalue weighted by molar-refractivity contribution is -0.134. The number of carbonyl (C=O) groups is 1. The van der Waals surface area contributed by atoms with Crippen LogP contribution in [0.3, 0.4) is 0 Å². The normalized spacial score (nSPS) is 10.6. The predicted octanol–water partition coefficient (Wildman–Crippen LogP) is 3.07. The summed E-state index contributed by atoms with van der Waals surface area (Å²) in [6, 6.07) is 0. The van der Waals surface area contributed by atoms with Gasteiger partial charge in [0.05, 0.1) is 0 Å². The summed E-state index contributed by atoms with van der Waals surface area (Å²) in [4.78, 5) is 13.8. The van der Waals surface area contributed by atoms with Crippen LogP contribution in [0.5, 0.6) is 0 Å². The highest BCUT2D eigenvalue weighted by molar-refractivity contribution is 5.78. The summed E-state index contributed by atoms with van der Waals surface area (Å²) in [5.74, 6) is 0.608. The van der Waals surface area contributed by atoms with E-state index in [0.717, 1.165) is 38.6 Å². The van der Waals surface area contributed by atoms with Crippen LogP contribution in [0.1, 0.15) is 52.9 Å². The maximum absolute atomic E-state index is 11.9. The molecular formula is C12H25NO. The van der Waals surface area contributed by atoms with Gasteiger partial charge in [-0.2, -0.15) is 0 Å². The molecule has 0 aromatic rings. The quantitative estimate of drug-likeness (QED) is 0.617. The van der Waals surface area contributed by atoms with Crippen LogP contribution < -0.4 is 0 Å². The number of hydrogen-bond acceptors (Lipinski definition) is 1. The minimum atomic E-state index is 0.265. The van der Waals surface area contributed by atoms with E-state index < -0.39 is 0 Å². The molecule has 0 rings (SSSR count). The zero-order valence-corrected chi connectivity index (χ0v) is 10.2. The summed E-state index contributed by atoms with van der Waals surface area (Å²) in [5, 5.41) is 0. The van der Waals surface area contributed by atoms with E-state index in [1.165, 1.54) is 0 Å². The van der Waals surface area contributed by atoms with Gasteiger partial charge in [0.25, 0.3) is 0 Å². The molecule has 0 aliphatic carbocycles. The molecule has 0 aromatic heterocycles. The van der Waals surface area contributed by atoms with E-state index >= 15 is 0 Å². The molecule has 14 heavy (non-hydrogen) atoms. The van der Waals surface area contributed by atoms with Crippen molar-refractivity contribution in [3.63, 3.8) is 0 Å². The third-order valence-electron chi connectivity index (χ3n) is 2.56. The minimum Gasteiger partial charge on any atom is -0.346 e. The standard InChI is InChI=1S/C12H25NO/c1-5-8-11(9-6-2)12(14)13(4)10-7-3/h11H,5-10H2,1-4H3. The SMILES string of the molecule is CCCC(CCC)C(=O)N(C)CCC. The summed E-state index contributed by atoms with van der Waals surface area (Å²) >= 11 is 0. The van der Waals surface area contributed by atoms with Crippen molar-refractivity contribution in [1.82, 2.24) is 4.90 Å². The molecule has 0 aromatic carbocycles. The van der Waals surface area contributed by atoms with Gasteiger partial charge in [0.2, 0.25) is 5.91 Å². The van der Waals surface area contributed by atoms with Gasteiger partial charge in [-0.15, -0.1) is 0 Å². The summed E-state index contributed by atoms with van der Waals surface area (Å²) in [6.45, 7) is 7.30. The Hall–Kier alpha value is -0.530. The van der Waals surface area contributed by atoms with E-state index in [1.807, 2.05) is 11.9 Å². The molecule has 0 bridgehead atoms. The van der Waals surface area contributed by atoms with Gasteiger partial charge in [0.1, 0.15) is 0 Å². The van der Waals surface area contributed by atoms with Crippen molar-refractivity contribution in [1.29, 1.82) is 0 Å². The second kappa shape index (κ2) is 7.84. The highest BCUT2D eigenvalue weighted by Gasteiger charge is 2.19. The lowest BCUT2D eigenvalue weighted by Crippen LogP contribution is -2.33. The van der Waals surface area contributed by atoms with E-state index in [-0.39, 0.29) is 5.92 Å². The molecule has 0 heterocycles. The Morgan fingerprint density at radius 2 is 1.57 bits per heavy atom. The molecule has 2 heteroatoms. The van der Waals surface area contributed by atoms with Crippen molar-refractivity contribution in [3.8, 4) is 0 Å². The summed E-state index contributed by atoms with van der Waals surface area (Å²) < 4.78 is 0. The first-order valence-corrected chi connectivity index (χ1v) is 5.92. The first-order valence-electron chi connectivity index (χ1n) is 5.92. The Morgan fingerprint density at radius 1 is 1.07 bits per heavy atom. The van der Waals surface area contributed by atoms with Gasteiger partial charge >= 0.3 is 0 Å². The Balaban J connectivity index is 4.11. The minimum absolute atomic E-state index is 0.265. The molecule has 0 N–H and O–H groups in total. The Labute approximate surface area is 88.7 Å². The fraction of sp³-hybridized carbons (Fsp3) is 0.917. The van der Waals surface area contributed by atoms with Crippen LogP contribution in [-0.2, 0) is 4.79 Å². The molecule has 0 saturated heterocycles. The first kappa shape index (κ1) is 13.5. The summed E-state index contributed by atoms with van der Waals surface area (Å²) in [6.07, 6.45) is 5.35. The fourth-order valence-electron chi connectivity index (χ4n) is 1.85. The number of rotatable bonds is 7. The van der Waals surface area contributed by atoms with E-state index in [0.29, 0.717) is 5.91 Å². The highest BCUT2D eigenvalue weighted by atomic mass is 16.2. The molecule has 2 nitrogen and oxygen atoms in total. The van der Waals surface area contributed by atoms with Crippen LogP contribution in [0.4, 0.5) is 0 Å². The van der Waals surface area contributed by atoms with Crippen molar-refractivity contribution in [2.75, 3.05) is 13.6 Å². The predicted molar refractivity (Wildman–Crippen MR) is 61.2 cm³/mol. The fourth-order valence-corrected chi connectivity index (χ4v) is 1.85. The van der Waals surface area contributed by atoms with Gasteiger partial charge in [0, 0.05) is 19.5 Å². The molecule has 0 saturated carbocycles. The van der Waals surface area contributed by atoms with Gasteiger partial charge in [-0.25, -0.2) is 0 Å².